The van der Waals surface area contributed by atoms with E-state index in [-0.39, 0.29) is 0 Å². The number of hydrogen-bond acceptors (Lipinski definition) is 2. The molecule has 2 atom stereocenters. The highest BCUT2D eigenvalue weighted by molar-refractivity contribution is 14.1. The van der Waals surface area contributed by atoms with E-state index in [1.807, 2.05) is 11.8 Å². The average Bonchev–Trinajstić information content (AvgIpc) is 1.87. The van der Waals surface area contributed by atoms with Gasteiger partial charge in [-0.3, -0.25) is 0 Å². The summed E-state index contributed by atoms with van der Waals surface area (Å²) in [6, 6.07) is 0. The van der Waals surface area contributed by atoms with Crippen molar-refractivity contribution in [1.82, 2.24) is 0 Å². The van der Waals surface area contributed by atoms with E-state index >= 15 is 0 Å². The minimum absolute atomic E-state index is 0.432. The molecule has 1 aliphatic rings. The van der Waals surface area contributed by atoms with E-state index in [1.165, 1.54) is 0 Å². The average molecular weight is 230 g/mol. The van der Waals surface area contributed by atoms with E-state index in [0.29, 0.717) is 9.55 Å². The van der Waals surface area contributed by atoms with Crippen LogP contribution in [0.4, 0.5) is 0 Å². The third kappa shape index (κ3) is 1.77. The van der Waals surface area contributed by atoms with Gasteiger partial charge in [-0.15, -0.1) is 11.8 Å². The lowest BCUT2D eigenvalue weighted by Gasteiger charge is -1.98. The Morgan fingerprint density at radius 1 is 1.86 bits per heavy atom. The molecule has 0 N–H and O–H groups in total. The number of hydrogen-bond donors (Lipinski definition) is 0. The zero-order chi connectivity index (χ0) is 5.28. The third-order valence-corrected chi connectivity index (χ3v) is 3.21. The fourth-order valence-electron chi connectivity index (χ4n) is 0.498. The Kier molecular flexibility index (Phi) is 2.24. The lowest BCUT2D eigenvalue weighted by molar-refractivity contribution is 0.143. The molecular weight excluding hydrogens is 223 g/mol. The Hall–Kier alpha value is 1.04. The second-order valence-electron chi connectivity index (χ2n) is 1.45. The summed E-state index contributed by atoms with van der Waals surface area (Å²) in [6.45, 7) is 2.09. The zero-order valence-electron chi connectivity index (χ0n) is 4.06. The Balaban J connectivity index is 2.26. The molecule has 1 saturated heterocycles. The molecule has 7 heavy (non-hydrogen) atoms. The van der Waals surface area contributed by atoms with E-state index in [4.69, 9.17) is 4.74 Å². The summed E-state index contributed by atoms with van der Waals surface area (Å²) >= 11 is 4.18. The van der Waals surface area contributed by atoms with Crippen LogP contribution in [0.3, 0.4) is 0 Å². The fraction of sp³-hybridized carbons (Fsp3) is 1.00. The molecule has 0 aromatic heterocycles. The summed E-state index contributed by atoms with van der Waals surface area (Å²) in [6.07, 6.45) is 0. The van der Waals surface area contributed by atoms with Gasteiger partial charge in [0.15, 0.2) is 0 Å². The van der Waals surface area contributed by atoms with Gasteiger partial charge >= 0.3 is 0 Å². The maximum Gasteiger partial charge on any atom is 0.119 e. The summed E-state index contributed by atoms with van der Waals surface area (Å²) in [5.41, 5.74) is 0.432. The van der Waals surface area contributed by atoms with Gasteiger partial charge in [-0.25, -0.2) is 0 Å². The lowest BCUT2D eigenvalue weighted by Crippen LogP contribution is -1.99. The van der Waals surface area contributed by atoms with Crippen molar-refractivity contribution < 1.29 is 4.74 Å². The van der Waals surface area contributed by atoms with Crippen LogP contribution in [0.2, 0.25) is 0 Å². The van der Waals surface area contributed by atoms with Gasteiger partial charge in [-0.05, 0) is 6.92 Å². The predicted octanol–water partition coefficient (Wildman–Crippen LogP) is 1.86. The highest BCUT2D eigenvalue weighted by atomic mass is 127. The Labute approximate surface area is 61.3 Å². The molecule has 1 fully saturated rings. The molecule has 2 unspecified atom stereocenters. The largest absolute Gasteiger partial charge is 0.353 e. The number of ether oxygens (including phenoxy) is 1. The maximum atomic E-state index is 5.31. The van der Waals surface area contributed by atoms with Gasteiger partial charge in [0.2, 0.25) is 0 Å². The predicted molar refractivity (Wildman–Crippen MR) is 40.8 cm³/mol. The van der Waals surface area contributed by atoms with Gasteiger partial charge in [0.05, 0.1) is 0 Å². The van der Waals surface area contributed by atoms with Gasteiger partial charge in [-0.1, -0.05) is 22.6 Å². The van der Waals surface area contributed by atoms with Crippen LogP contribution >= 0.6 is 34.4 Å². The molecule has 0 amide bonds. The van der Waals surface area contributed by atoms with Crippen LogP contribution in [0.15, 0.2) is 0 Å². The fourth-order valence-corrected chi connectivity index (χ4v) is 2.47. The van der Waals surface area contributed by atoms with Crippen LogP contribution in [0.5, 0.6) is 0 Å². The second-order valence-corrected chi connectivity index (χ2v) is 4.17. The van der Waals surface area contributed by atoms with Gasteiger partial charge in [0.1, 0.15) is 9.55 Å². The number of halogens is 1. The molecule has 0 radical (unpaired) electrons. The monoisotopic (exact) mass is 230 g/mol. The van der Waals surface area contributed by atoms with Gasteiger partial charge < -0.3 is 4.74 Å². The number of thioether (sulfide) groups is 1. The summed E-state index contributed by atoms with van der Waals surface area (Å²) in [7, 11) is 0. The van der Waals surface area contributed by atoms with E-state index in [9.17, 15) is 0 Å². The smallest absolute Gasteiger partial charge is 0.119 e. The van der Waals surface area contributed by atoms with Crippen molar-refractivity contribution in [3.63, 3.8) is 0 Å². The Morgan fingerprint density at radius 2 is 2.57 bits per heavy atom. The second kappa shape index (κ2) is 2.55. The standard InChI is InChI=1S/C4H7IOS/c1-3-6-4(5)2-7-3/h3-4H,2H2,1H3. The molecule has 3 heteroatoms. The molecule has 0 saturated carbocycles. The normalized spacial score (nSPS) is 42.0. The van der Waals surface area contributed by atoms with Crippen molar-refractivity contribution in [1.29, 1.82) is 0 Å². The van der Waals surface area contributed by atoms with Crippen LogP contribution in [-0.2, 0) is 4.74 Å². The van der Waals surface area contributed by atoms with E-state index in [2.05, 4.69) is 29.5 Å². The van der Waals surface area contributed by atoms with Crippen LogP contribution < -0.4 is 0 Å². The van der Waals surface area contributed by atoms with E-state index in [0.717, 1.165) is 5.75 Å². The molecule has 0 spiro atoms. The van der Waals surface area contributed by atoms with Crippen molar-refractivity contribution >= 4 is 34.4 Å². The van der Waals surface area contributed by atoms with Crippen LogP contribution in [0, 0.1) is 0 Å². The van der Waals surface area contributed by atoms with E-state index < -0.39 is 0 Å². The maximum absolute atomic E-state index is 5.31. The summed E-state index contributed by atoms with van der Waals surface area (Å²) < 4.78 is 5.77. The first-order chi connectivity index (χ1) is 3.29. The van der Waals surface area contributed by atoms with Crippen LogP contribution in [0.1, 0.15) is 6.92 Å². The van der Waals surface area contributed by atoms with Crippen LogP contribution in [-0.4, -0.2) is 15.3 Å². The number of rotatable bonds is 0. The molecule has 0 bridgehead atoms. The Bertz CT molecular complexity index is 60.7. The first-order valence-corrected chi connectivity index (χ1v) is 4.49. The molecule has 1 rings (SSSR count). The molecule has 1 nitrogen and oxygen atoms in total. The SMILES string of the molecule is CC1OC(I)CS1. The molecular formula is C4H7IOS. The van der Waals surface area contributed by atoms with Crippen molar-refractivity contribution in [2.24, 2.45) is 0 Å². The number of alkyl halides is 1. The summed E-state index contributed by atoms with van der Waals surface area (Å²) in [4.78, 5) is 0. The zero-order valence-corrected chi connectivity index (χ0v) is 7.03. The molecule has 0 aromatic carbocycles. The molecule has 0 aliphatic carbocycles. The molecule has 42 valence electrons. The van der Waals surface area contributed by atoms with Crippen molar-refractivity contribution in [3.8, 4) is 0 Å². The minimum atomic E-state index is 0.432. The third-order valence-electron chi connectivity index (χ3n) is 0.801. The van der Waals surface area contributed by atoms with Gasteiger partial charge in [0.25, 0.3) is 0 Å². The van der Waals surface area contributed by atoms with Crippen LogP contribution in [0.25, 0.3) is 0 Å². The minimum Gasteiger partial charge on any atom is -0.353 e. The van der Waals surface area contributed by atoms with Crippen molar-refractivity contribution in [2.45, 2.75) is 16.5 Å². The topological polar surface area (TPSA) is 9.23 Å². The van der Waals surface area contributed by atoms with Gasteiger partial charge in [-0.2, -0.15) is 0 Å². The van der Waals surface area contributed by atoms with E-state index in [1.54, 1.807) is 0 Å². The van der Waals surface area contributed by atoms with Crippen molar-refractivity contribution in [3.05, 3.63) is 0 Å². The molecule has 0 aromatic rings. The molecule has 1 aliphatic heterocycles. The van der Waals surface area contributed by atoms with Gasteiger partial charge in [0, 0.05) is 5.75 Å². The quantitative estimate of drug-likeness (QED) is 0.464. The van der Waals surface area contributed by atoms with Crippen molar-refractivity contribution in [2.75, 3.05) is 5.75 Å². The first-order valence-electron chi connectivity index (χ1n) is 2.20. The highest BCUT2D eigenvalue weighted by Crippen LogP contribution is 2.27. The summed E-state index contributed by atoms with van der Waals surface area (Å²) in [5.74, 6) is 1.15. The lowest BCUT2D eigenvalue weighted by atomic mass is 10.8. The molecule has 1 heterocycles. The highest BCUT2D eigenvalue weighted by Gasteiger charge is 2.18. The summed E-state index contributed by atoms with van der Waals surface area (Å²) in [5, 5.41) is 0. The Morgan fingerprint density at radius 3 is 2.71 bits per heavy atom. The first kappa shape index (κ1) is 6.16.